The number of unbranched alkanes of at least 4 members (excludes halogenated alkanes) is 2. The Hall–Kier alpha value is 0.501. The first-order valence-corrected chi connectivity index (χ1v) is 12.0. The second-order valence-electron chi connectivity index (χ2n) is 8.04. The van der Waals surface area contributed by atoms with Gasteiger partial charge in [0.05, 0.1) is 0 Å². The number of halogens is 3. The number of hydrogen-bond acceptors (Lipinski definition) is 0. The van der Waals surface area contributed by atoms with Crippen molar-refractivity contribution in [2.75, 3.05) is 0 Å². The van der Waals surface area contributed by atoms with Crippen molar-refractivity contribution in [1.82, 2.24) is 0 Å². The Morgan fingerprint density at radius 2 is 1.74 bits per heavy atom. The van der Waals surface area contributed by atoms with E-state index < -0.39 is 0 Å². The van der Waals surface area contributed by atoms with E-state index in [4.69, 9.17) is 0 Å². The number of fused-ring (bicyclic) bond motifs is 1. The summed E-state index contributed by atoms with van der Waals surface area (Å²) in [6.45, 7) is 6.84. The standard InChI is InChI=1S/C22H31Si.3ClH.Ti/c1-4-5-6-11-21-20-10-8-7-9-18(20)15-22(21)23-19-13-16(2)12-17(3)14-19;;;;/h7-8,10,12-14,18,22H,4-6,9,11,15,23H2,1-3H3;3*1H;/q;;;;+3/p-3. The van der Waals surface area contributed by atoms with E-state index in [1.807, 2.05) is 0 Å². The molecule has 0 aliphatic heterocycles. The van der Waals surface area contributed by atoms with Gasteiger partial charge in [-0.15, -0.1) is 0 Å². The first-order chi connectivity index (χ1) is 11.5. The SMILES string of the molecule is CCCCC[C]1([Ti+3])C2=CC=CCC2CC1[SiH2]c1cc(C)cc(C)c1.[Cl-].[Cl-].[Cl-]. The zero-order chi connectivity index (χ0) is 17.2. The number of rotatable bonds is 6. The smallest absolute Gasteiger partial charge is 1.00 e. The largest absolute Gasteiger partial charge is 1.00 e. The van der Waals surface area contributed by atoms with E-state index >= 15 is 0 Å². The molecule has 2 aliphatic carbocycles. The van der Waals surface area contributed by atoms with Gasteiger partial charge in [0.2, 0.25) is 0 Å². The molecule has 0 saturated heterocycles. The summed E-state index contributed by atoms with van der Waals surface area (Å²) >= 11 is 2.61. The molecule has 0 amide bonds. The summed E-state index contributed by atoms with van der Waals surface area (Å²) in [6.07, 6.45) is 15.4. The van der Waals surface area contributed by atoms with Crippen molar-refractivity contribution in [2.24, 2.45) is 5.92 Å². The summed E-state index contributed by atoms with van der Waals surface area (Å²) in [7, 11) is -0.239. The fourth-order valence-electron chi connectivity index (χ4n) is 4.93. The van der Waals surface area contributed by atoms with Crippen LogP contribution in [-0.2, 0) is 20.4 Å². The molecule has 1 aromatic carbocycles. The van der Waals surface area contributed by atoms with Gasteiger partial charge in [-0.2, -0.15) is 0 Å². The summed E-state index contributed by atoms with van der Waals surface area (Å²) in [5.74, 6) is 0.838. The summed E-state index contributed by atoms with van der Waals surface area (Å²) in [4.78, 5) is 0. The Bertz CT molecular complexity index is 639. The van der Waals surface area contributed by atoms with Crippen molar-refractivity contribution in [1.29, 1.82) is 0 Å². The molecule has 0 N–H and O–H groups in total. The molecular formula is C22H31Cl3SiTi. The van der Waals surface area contributed by atoms with Gasteiger partial charge in [0, 0.05) is 0 Å². The Labute approximate surface area is 198 Å². The number of allylic oxidation sites excluding steroid dienone is 4. The molecule has 1 fully saturated rings. The molecule has 0 bridgehead atoms. The molecule has 0 heterocycles. The van der Waals surface area contributed by atoms with Crippen molar-refractivity contribution < 1.29 is 57.7 Å². The van der Waals surface area contributed by atoms with Crippen LogP contribution in [0.25, 0.3) is 0 Å². The van der Waals surface area contributed by atoms with Gasteiger partial charge in [0.1, 0.15) is 0 Å². The summed E-state index contributed by atoms with van der Waals surface area (Å²) < 4.78 is 0.467. The Morgan fingerprint density at radius 3 is 2.37 bits per heavy atom. The molecule has 3 rings (SSSR count). The quantitative estimate of drug-likeness (QED) is 0.290. The van der Waals surface area contributed by atoms with E-state index in [0.29, 0.717) is 3.72 Å². The van der Waals surface area contributed by atoms with Gasteiger partial charge in [-0.1, -0.05) is 0 Å². The first-order valence-electron chi connectivity index (χ1n) is 9.72. The molecule has 1 aromatic rings. The fourth-order valence-corrected chi connectivity index (χ4v) is 9.12. The van der Waals surface area contributed by atoms with E-state index in [0.717, 1.165) is 11.5 Å². The Kier molecular flexibility index (Phi) is 12.5. The number of hydrogen-bond donors (Lipinski definition) is 0. The van der Waals surface area contributed by atoms with Crippen LogP contribution >= 0.6 is 0 Å². The topological polar surface area (TPSA) is 0 Å². The van der Waals surface area contributed by atoms with E-state index in [-0.39, 0.29) is 46.7 Å². The molecule has 3 atom stereocenters. The zero-order valence-electron chi connectivity index (χ0n) is 16.7. The molecule has 0 spiro atoms. The van der Waals surface area contributed by atoms with Crippen LogP contribution in [0, 0.1) is 19.8 Å². The molecule has 148 valence electrons. The molecule has 0 radical (unpaired) electrons. The fraction of sp³-hybridized carbons (Fsp3) is 0.545. The van der Waals surface area contributed by atoms with E-state index in [1.165, 1.54) is 49.7 Å². The third kappa shape index (κ3) is 6.49. The second-order valence-corrected chi connectivity index (χ2v) is 11.6. The average molecular weight is 478 g/mol. The summed E-state index contributed by atoms with van der Waals surface area (Å²) in [5, 5.41) is 1.69. The predicted octanol–water partition coefficient (Wildman–Crippen LogP) is -3.91. The molecule has 0 aromatic heterocycles. The first kappa shape index (κ1) is 27.5. The molecule has 1 saturated carbocycles. The normalized spacial score (nSPS) is 26.0. The van der Waals surface area contributed by atoms with Crippen molar-refractivity contribution in [3.05, 3.63) is 53.1 Å². The van der Waals surface area contributed by atoms with Gasteiger partial charge in [0.25, 0.3) is 0 Å². The maximum Gasteiger partial charge on any atom is -1.00 e. The minimum absolute atomic E-state index is 0. The Balaban J connectivity index is 0.00000225. The van der Waals surface area contributed by atoms with Crippen LogP contribution in [0.4, 0.5) is 0 Å². The molecule has 0 nitrogen and oxygen atoms in total. The van der Waals surface area contributed by atoms with Crippen LogP contribution in [0.2, 0.25) is 9.26 Å². The number of benzene rings is 1. The van der Waals surface area contributed by atoms with Crippen LogP contribution in [0.3, 0.4) is 0 Å². The molecular weight excluding hydrogens is 447 g/mol. The third-order valence-electron chi connectivity index (χ3n) is 5.99. The van der Waals surface area contributed by atoms with E-state index in [2.05, 4.69) is 77.6 Å². The van der Waals surface area contributed by atoms with Gasteiger partial charge >= 0.3 is 163 Å². The summed E-state index contributed by atoms with van der Waals surface area (Å²) in [6, 6.07) is 7.26. The molecule has 27 heavy (non-hydrogen) atoms. The van der Waals surface area contributed by atoms with Crippen LogP contribution in [0.1, 0.15) is 56.6 Å². The second kappa shape index (κ2) is 12.3. The van der Waals surface area contributed by atoms with Gasteiger partial charge in [-0.25, -0.2) is 0 Å². The van der Waals surface area contributed by atoms with Gasteiger partial charge < -0.3 is 37.2 Å². The van der Waals surface area contributed by atoms with Crippen molar-refractivity contribution in [3.8, 4) is 0 Å². The van der Waals surface area contributed by atoms with Crippen LogP contribution in [-0.4, -0.2) is 9.52 Å². The zero-order valence-corrected chi connectivity index (χ0v) is 21.9. The van der Waals surface area contributed by atoms with Gasteiger partial charge in [0.15, 0.2) is 0 Å². The Morgan fingerprint density at radius 1 is 1.07 bits per heavy atom. The third-order valence-corrected chi connectivity index (χ3v) is 10.5. The van der Waals surface area contributed by atoms with Crippen molar-refractivity contribution in [3.63, 3.8) is 0 Å². The minimum Gasteiger partial charge on any atom is -1.00 e. The monoisotopic (exact) mass is 476 g/mol. The van der Waals surface area contributed by atoms with E-state index in [1.54, 1.807) is 10.8 Å². The number of aryl methyl sites for hydroxylation is 2. The van der Waals surface area contributed by atoms with E-state index in [9.17, 15) is 0 Å². The maximum atomic E-state index is 2.61. The van der Waals surface area contributed by atoms with Crippen LogP contribution in [0.15, 0.2) is 42.0 Å². The molecule has 5 heteroatoms. The molecule has 3 unspecified atom stereocenters. The summed E-state index contributed by atoms with van der Waals surface area (Å²) in [5.41, 5.74) is 5.62. The minimum atomic E-state index is -0.239. The van der Waals surface area contributed by atoms with Crippen LogP contribution < -0.4 is 42.4 Å². The van der Waals surface area contributed by atoms with Crippen LogP contribution in [0.5, 0.6) is 0 Å². The average Bonchev–Trinajstić information content (AvgIpc) is 2.80. The van der Waals surface area contributed by atoms with Gasteiger partial charge in [-0.05, 0) is 0 Å². The molecule has 2 aliphatic rings. The maximum absolute atomic E-state index is 2.61. The predicted molar refractivity (Wildman–Crippen MR) is 105 cm³/mol. The van der Waals surface area contributed by atoms with Gasteiger partial charge in [-0.3, -0.25) is 0 Å². The van der Waals surface area contributed by atoms with Crippen molar-refractivity contribution >= 4 is 14.7 Å². The van der Waals surface area contributed by atoms with Crippen molar-refractivity contribution in [2.45, 2.75) is 68.6 Å².